The average Bonchev–Trinajstić information content (AvgIpc) is 2.61. The summed E-state index contributed by atoms with van der Waals surface area (Å²) in [5, 5.41) is 4.05. The number of aromatic nitrogens is 2. The fraction of sp³-hybridized carbons (Fsp3) is 0.722. The Labute approximate surface area is 149 Å². The number of piperidine rings is 1. The lowest BCUT2D eigenvalue weighted by Gasteiger charge is -2.31. The Morgan fingerprint density at radius 1 is 1.25 bits per heavy atom. The molecule has 2 fully saturated rings. The third-order valence-corrected chi connectivity index (χ3v) is 5.86. The summed E-state index contributed by atoms with van der Waals surface area (Å²) in [6, 6.07) is 2.40. The maximum atomic E-state index is 12.1. The quantitative estimate of drug-likeness (QED) is 0.654. The fourth-order valence-electron chi connectivity index (χ4n) is 3.64. The van der Waals surface area contributed by atoms with Crippen LogP contribution in [0.15, 0.2) is 17.4 Å². The fourth-order valence-corrected chi connectivity index (χ4v) is 4.31. The second-order valence-electron chi connectivity index (χ2n) is 7.10. The summed E-state index contributed by atoms with van der Waals surface area (Å²) in [5.74, 6) is 2.26. The van der Waals surface area contributed by atoms with Crippen molar-refractivity contribution in [3.63, 3.8) is 0 Å². The van der Waals surface area contributed by atoms with Crippen molar-refractivity contribution in [2.24, 2.45) is 5.92 Å². The van der Waals surface area contributed by atoms with Gasteiger partial charge in [-0.25, -0.2) is 9.97 Å². The molecule has 2 aliphatic rings. The van der Waals surface area contributed by atoms with Crippen LogP contribution < -0.4 is 10.2 Å². The van der Waals surface area contributed by atoms with E-state index in [0.717, 1.165) is 36.8 Å². The van der Waals surface area contributed by atoms with Crippen molar-refractivity contribution in [2.45, 2.75) is 62.9 Å². The van der Waals surface area contributed by atoms with Gasteiger partial charge < -0.3 is 10.2 Å². The van der Waals surface area contributed by atoms with Crippen LogP contribution in [0.5, 0.6) is 0 Å². The highest BCUT2D eigenvalue weighted by atomic mass is 32.2. The van der Waals surface area contributed by atoms with Crippen LogP contribution in [0.4, 0.5) is 5.82 Å². The zero-order valence-electron chi connectivity index (χ0n) is 14.5. The highest BCUT2D eigenvalue weighted by Gasteiger charge is 2.19. The van der Waals surface area contributed by atoms with Gasteiger partial charge in [0, 0.05) is 25.2 Å². The van der Waals surface area contributed by atoms with Gasteiger partial charge in [0.1, 0.15) is 17.2 Å². The molecule has 2 heterocycles. The summed E-state index contributed by atoms with van der Waals surface area (Å²) >= 11 is 1.51. The molecule has 5 nitrogen and oxygen atoms in total. The number of carbonyl (C=O) groups excluding carboxylic acids is 1. The summed E-state index contributed by atoms with van der Waals surface area (Å²) in [6.45, 7) is 4.41. The predicted molar refractivity (Wildman–Crippen MR) is 98.4 cm³/mol. The van der Waals surface area contributed by atoms with Gasteiger partial charge >= 0.3 is 0 Å². The van der Waals surface area contributed by atoms with Crippen LogP contribution in [0.25, 0.3) is 0 Å². The minimum atomic E-state index is 0.124. The number of anilines is 1. The first-order valence-electron chi connectivity index (χ1n) is 9.20. The van der Waals surface area contributed by atoms with E-state index in [-0.39, 0.29) is 5.91 Å². The highest BCUT2D eigenvalue weighted by Crippen LogP contribution is 2.24. The van der Waals surface area contributed by atoms with E-state index in [1.54, 1.807) is 6.33 Å². The van der Waals surface area contributed by atoms with Gasteiger partial charge in [-0.05, 0) is 31.6 Å². The van der Waals surface area contributed by atoms with Crippen molar-refractivity contribution in [1.82, 2.24) is 15.3 Å². The summed E-state index contributed by atoms with van der Waals surface area (Å²) in [6.07, 6.45) is 10.2. The monoisotopic (exact) mass is 348 g/mol. The number of rotatable bonds is 5. The number of hydrogen-bond donors (Lipinski definition) is 1. The van der Waals surface area contributed by atoms with Crippen LogP contribution in [-0.2, 0) is 4.79 Å². The van der Waals surface area contributed by atoms with E-state index in [1.807, 2.05) is 6.07 Å². The van der Waals surface area contributed by atoms with Crippen molar-refractivity contribution in [3.8, 4) is 0 Å². The molecule has 6 heteroatoms. The van der Waals surface area contributed by atoms with Crippen molar-refractivity contribution in [1.29, 1.82) is 0 Å². The molecular weight excluding hydrogens is 320 g/mol. The van der Waals surface area contributed by atoms with Crippen LogP contribution >= 0.6 is 11.8 Å². The lowest BCUT2D eigenvalue weighted by molar-refractivity contribution is -0.119. The van der Waals surface area contributed by atoms with Crippen LogP contribution in [0, 0.1) is 5.92 Å². The molecule has 1 aliphatic heterocycles. The average molecular weight is 349 g/mol. The first kappa shape index (κ1) is 17.5. The Hall–Kier alpha value is -1.30. The SMILES string of the molecule is CC1CCCN(c2cc(SCC(=O)NC3CCCCC3)ncn2)C1. The van der Waals surface area contributed by atoms with Crippen LogP contribution in [0.3, 0.4) is 0 Å². The number of thioether (sulfide) groups is 1. The third kappa shape index (κ3) is 5.10. The summed E-state index contributed by atoms with van der Waals surface area (Å²) in [4.78, 5) is 23.2. The van der Waals surface area contributed by atoms with Crippen molar-refractivity contribution < 1.29 is 4.79 Å². The van der Waals surface area contributed by atoms with E-state index in [1.165, 1.54) is 43.9 Å². The smallest absolute Gasteiger partial charge is 0.230 e. The number of carbonyl (C=O) groups is 1. The van der Waals surface area contributed by atoms with Gasteiger partial charge in [0.2, 0.25) is 5.91 Å². The Bertz CT molecular complexity index is 548. The molecule has 0 aromatic carbocycles. The molecule has 1 unspecified atom stereocenters. The molecule has 1 atom stereocenters. The lowest BCUT2D eigenvalue weighted by atomic mass is 9.95. The molecule has 0 radical (unpaired) electrons. The van der Waals surface area contributed by atoms with Gasteiger partial charge in [0.05, 0.1) is 5.75 Å². The molecule has 1 amide bonds. The molecule has 24 heavy (non-hydrogen) atoms. The third-order valence-electron chi connectivity index (χ3n) is 4.93. The standard InChI is InChI=1S/C18H28N4OS/c1-14-6-5-9-22(11-14)16-10-18(20-13-19-16)24-12-17(23)21-15-7-3-2-4-8-15/h10,13-15H,2-9,11-12H2,1H3,(H,21,23). The maximum Gasteiger partial charge on any atom is 0.230 e. The normalized spacial score (nSPS) is 22.4. The molecule has 132 valence electrons. The van der Waals surface area contributed by atoms with Gasteiger partial charge in [-0.2, -0.15) is 0 Å². The van der Waals surface area contributed by atoms with E-state index in [2.05, 4.69) is 27.1 Å². The molecule has 0 bridgehead atoms. The van der Waals surface area contributed by atoms with Gasteiger partial charge in [-0.15, -0.1) is 0 Å². The number of amides is 1. The van der Waals surface area contributed by atoms with Crippen molar-refractivity contribution in [2.75, 3.05) is 23.7 Å². The molecular formula is C18H28N4OS. The molecule has 1 aromatic heterocycles. The topological polar surface area (TPSA) is 58.1 Å². The first-order valence-corrected chi connectivity index (χ1v) is 10.2. The first-order chi connectivity index (χ1) is 11.7. The Morgan fingerprint density at radius 3 is 2.88 bits per heavy atom. The second kappa shape index (κ2) is 8.70. The predicted octanol–water partition coefficient (Wildman–Crippen LogP) is 3.25. The Kier molecular flexibility index (Phi) is 6.35. The Morgan fingerprint density at radius 2 is 2.08 bits per heavy atom. The van der Waals surface area contributed by atoms with Crippen LogP contribution in [-0.4, -0.2) is 40.8 Å². The van der Waals surface area contributed by atoms with Crippen molar-refractivity contribution >= 4 is 23.5 Å². The molecule has 1 saturated carbocycles. The molecule has 0 spiro atoms. The molecule has 1 saturated heterocycles. The second-order valence-corrected chi connectivity index (χ2v) is 8.09. The number of nitrogens with zero attached hydrogens (tertiary/aromatic N) is 3. The highest BCUT2D eigenvalue weighted by molar-refractivity contribution is 7.99. The molecule has 1 aromatic rings. The maximum absolute atomic E-state index is 12.1. The van der Waals surface area contributed by atoms with Crippen LogP contribution in [0.2, 0.25) is 0 Å². The van der Waals surface area contributed by atoms with Crippen LogP contribution in [0.1, 0.15) is 51.9 Å². The summed E-state index contributed by atoms with van der Waals surface area (Å²) in [5.41, 5.74) is 0. The van der Waals surface area contributed by atoms with Gasteiger partial charge in [-0.1, -0.05) is 37.9 Å². The van der Waals surface area contributed by atoms with E-state index in [0.29, 0.717) is 17.7 Å². The van der Waals surface area contributed by atoms with Gasteiger partial charge in [0.15, 0.2) is 0 Å². The van der Waals surface area contributed by atoms with Gasteiger partial charge in [-0.3, -0.25) is 4.79 Å². The Balaban J connectivity index is 1.49. The minimum absolute atomic E-state index is 0.124. The molecule has 1 aliphatic carbocycles. The van der Waals surface area contributed by atoms with Crippen molar-refractivity contribution in [3.05, 3.63) is 12.4 Å². The zero-order chi connectivity index (χ0) is 16.8. The zero-order valence-corrected chi connectivity index (χ0v) is 15.4. The molecule has 3 rings (SSSR count). The lowest BCUT2D eigenvalue weighted by Crippen LogP contribution is -2.37. The number of nitrogens with one attached hydrogen (secondary N) is 1. The van der Waals surface area contributed by atoms with E-state index in [9.17, 15) is 4.79 Å². The van der Waals surface area contributed by atoms with E-state index >= 15 is 0 Å². The van der Waals surface area contributed by atoms with Gasteiger partial charge in [0.25, 0.3) is 0 Å². The largest absolute Gasteiger partial charge is 0.356 e. The minimum Gasteiger partial charge on any atom is -0.356 e. The van der Waals surface area contributed by atoms with E-state index < -0.39 is 0 Å². The summed E-state index contributed by atoms with van der Waals surface area (Å²) in [7, 11) is 0. The molecule has 1 N–H and O–H groups in total. The number of hydrogen-bond acceptors (Lipinski definition) is 5. The van der Waals surface area contributed by atoms with E-state index in [4.69, 9.17) is 0 Å². The summed E-state index contributed by atoms with van der Waals surface area (Å²) < 4.78 is 0.